The van der Waals surface area contributed by atoms with Crippen LogP contribution < -0.4 is 0 Å². The number of aliphatic hydroxyl groups is 1. The number of amides is 1. The Morgan fingerprint density at radius 1 is 1.17 bits per heavy atom. The van der Waals surface area contributed by atoms with Gasteiger partial charge in [-0.1, -0.05) is 24.3 Å². The lowest BCUT2D eigenvalue weighted by Gasteiger charge is -2.26. The number of rotatable bonds is 6. The predicted octanol–water partition coefficient (Wildman–Crippen LogP) is 2.28. The van der Waals surface area contributed by atoms with E-state index in [9.17, 15) is 29.9 Å². The first-order valence-corrected chi connectivity index (χ1v) is 9.17. The highest BCUT2D eigenvalue weighted by Gasteiger charge is 2.45. The number of nitro groups is 1. The molecular weight excluding hydrogens is 390 g/mol. The molecule has 0 bridgehead atoms. The molecule has 0 aliphatic carbocycles. The first-order chi connectivity index (χ1) is 14.2. The van der Waals surface area contributed by atoms with Crippen LogP contribution in [0.5, 0.6) is 5.75 Å². The maximum absolute atomic E-state index is 12.8. The summed E-state index contributed by atoms with van der Waals surface area (Å²) in [7, 11) is 3.66. The lowest BCUT2D eigenvalue weighted by molar-refractivity contribution is -0.384. The highest BCUT2D eigenvalue weighted by atomic mass is 16.6. The Morgan fingerprint density at radius 2 is 1.83 bits per heavy atom. The zero-order valence-electron chi connectivity index (χ0n) is 16.5. The average molecular weight is 411 g/mol. The minimum Gasteiger partial charge on any atom is -0.508 e. The number of carbonyl (C=O) groups excluding carboxylic acids is 2. The van der Waals surface area contributed by atoms with Gasteiger partial charge in [-0.3, -0.25) is 19.7 Å². The summed E-state index contributed by atoms with van der Waals surface area (Å²) in [4.78, 5) is 39.3. The molecule has 2 N–H and O–H groups in total. The molecule has 9 heteroatoms. The van der Waals surface area contributed by atoms with Crippen molar-refractivity contribution in [1.29, 1.82) is 0 Å². The van der Waals surface area contributed by atoms with E-state index >= 15 is 0 Å². The van der Waals surface area contributed by atoms with Crippen LogP contribution in [0.25, 0.3) is 5.76 Å². The maximum Gasteiger partial charge on any atom is 0.295 e. The van der Waals surface area contributed by atoms with Gasteiger partial charge in [-0.25, -0.2) is 0 Å². The summed E-state index contributed by atoms with van der Waals surface area (Å²) in [6.07, 6.45) is 0. The molecule has 0 saturated carbocycles. The van der Waals surface area contributed by atoms with Gasteiger partial charge in [0, 0.05) is 30.8 Å². The molecule has 2 aromatic carbocycles. The number of phenolic OH excluding ortho intramolecular Hbond substituents is 1. The van der Waals surface area contributed by atoms with Crippen LogP contribution in [0.15, 0.2) is 54.1 Å². The number of hydrogen-bond acceptors (Lipinski definition) is 7. The number of nitrogens with zero attached hydrogens (tertiary/aromatic N) is 3. The molecule has 2 aromatic rings. The second-order valence-electron chi connectivity index (χ2n) is 7.19. The van der Waals surface area contributed by atoms with Gasteiger partial charge >= 0.3 is 0 Å². The van der Waals surface area contributed by atoms with Crippen molar-refractivity contribution in [2.75, 3.05) is 27.2 Å². The van der Waals surface area contributed by atoms with Crippen LogP contribution in [0.3, 0.4) is 0 Å². The van der Waals surface area contributed by atoms with Crippen LogP contribution in [0.4, 0.5) is 5.69 Å². The fourth-order valence-electron chi connectivity index (χ4n) is 3.34. The second kappa shape index (κ2) is 8.34. The smallest absolute Gasteiger partial charge is 0.295 e. The van der Waals surface area contributed by atoms with Crippen molar-refractivity contribution in [3.63, 3.8) is 0 Å². The fraction of sp³-hybridized carbons (Fsp3) is 0.238. The molecule has 1 saturated heterocycles. The summed E-state index contributed by atoms with van der Waals surface area (Å²) in [5, 5.41) is 31.6. The summed E-state index contributed by atoms with van der Waals surface area (Å²) in [6.45, 7) is 0.716. The number of benzene rings is 2. The molecule has 1 unspecified atom stereocenters. The third-order valence-corrected chi connectivity index (χ3v) is 4.87. The van der Waals surface area contributed by atoms with Gasteiger partial charge in [0.2, 0.25) is 0 Å². The number of likely N-dealkylation sites (N-methyl/N-ethyl adjacent to an activating group) is 1. The normalized spacial score (nSPS) is 18.2. The van der Waals surface area contributed by atoms with Crippen molar-refractivity contribution in [3.8, 4) is 5.75 Å². The third-order valence-electron chi connectivity index (χ3n) is 4.87. The Balaban J connectivity index is 2.16. The minimum atomic E-state index is -0.884. The van der Waals surface area contributed by atoms with Crippen molar-refractivity contribution < 1.29 is 24.7 Å². The molecule has 1 atom stereocenters. The summed E-state index contributed by atoms with van der Waals surface area (Å²) in [5.74, 6) is -2.09. The van der Waals surface area contributed by atoms with Gasteiger partial charge in [0.1, 0.15) is 11.5 Å². The van der Waals surface area contributed by atoms with Gasteiger partial charge in [-0.05, 0) is 31.8 Å². The van der Waals surface area contributed by atoms with Crippen molar-refractivity contribution >= 4 is 23.1 Å². The lowest BCUT2D eigenvalue weighted by Crippen LogP contribution is -2.35. The number of hydrogen-bond donors (Lipinski definition) is 2. The standard InChI is InChI=1S/C21H21N3O6/c1-22(2)10-11-23-18(13-6-8-16(25)9-7-13)17(20(27)21(23)28)19(26)14-4-3-5-15(12-14)24(29)30/h3-9,12,18,25-26H,10-11H2,1-2H3/b19-17-. The van der Waals surface area contributed by atoms with E-state index in [0.717, 1.165) is 6.07 Å². The van der Waals surface area contributed by atoms with Crippen LogP contribution in [-0.4, -0.2) is 63.8 Å². The number of ketones is 1. The third kappa shape index (κ3) is 4.01. The first kappa shape index (κ1) is 21.0. The molecule has 1 fully saturated rings. The number of carbonyl (C=O) groups is 2. The lowest BCUT2D eigenvalue weighted by atomic mass is 9.95. The molecule has 9 nitrogen and oxygen atoms in total. The molecule has 0 aromatic heterocycles. The van der Waals surface area contributed by atoms with E-state index in [4.69, 9.17) is 0 Å². The van der Waals surface area contributed by atoms with E-state index in [1.807, 2.05) is 19.0 Å². The van der Waals surface area contributed by atoms with Crippen LogP contribution in [-0.2, 0) is 9.59 Å². The van der Waals surface area contributed by atoms with E-state index in [2.05, 4.69) is 0 Å². The Labute approximate surface area is 172 Å². The molecule has 1 aliphatic heterocycles. The number of likely N-dealkylation sites (tertiary alicyclic amines) is 1. The van der Waals surface area contributed by atoms with E-state index < -0.39 is 28.4 Å². The highest BCUT2D eigenvalue weighted by molar-refractivity contribution is 6.46. The summed E-state index contributed by atoms with van der Waals surface area (Å²) in [5.41, 5.74) is 0.198. The molecule has 30 heavy (non-hydrogen) atoms. The van der Waals surface area contributed by atoms with E-state index in [1.54, 1.807) is 12.1 Å². The monoisotopic (exact) mass is 411 g/mol. The minimum absolute atomic E-state index is 0.0164. The van der Waals surface area contributed by atoms with E-state index in [1.165, 1.54) is 35.2 Å². The molecule has 1 aliphatic rings. The van der Waals surface area contributed by atoms with Crippen molar-refractivity contribution in [2.45, 2.75) is 6.04 Å². The maximum atomic E-state index is 12.8. The number of nitro benzene ring substituents is 1. The van der Waals surface area contributed by atoms with Crippen LogP contribution >= 0.6 is 0 Å². The average Bonchev–Trinajstić information content (AvgIpc) is 2.97. The summed E-state index contributed by atoms with van der Waals surface area (Å²) >= 11 is 0. The predicted molar refractivity (Wildman–Crippen MR) is 109 cm³/mol. The number of phenols is 1. The SMILES string of the molecule is CN(C)CCN1C(=O)C(=O)/C(=C(\O)c2cccc([N+](=O)[O-])c2)C1c1ccc(O)cc1. The van der Waals surface area contributed by atoms with Crippen molar-refractivity contribution in [2.24, 2.45) is 0 Å². The topological polar surface area (TPSA) is 124 Å². The van der Waals surface area contributed by atoms with E-state index in [-0.39, 0.29) is 29.1 Å². The van der Waals surface area contributed by atoms with Gasteiger partial charge in [0.25, 0.3) is 17.4 Å². The Morgan fingerprint density at radius 3 is 2.43 bits per heavy atom. The molecule has 3 rings (SSSR count). The van der Waals surface area contributed by atoms with Gasteiger partial charge in [-0.15, -0.1) is 0 Å². The van der Waals surface area contributed by atoms with Gasteiger partial charge < -0.3 is 20.0 Å². The zero-order chi connectivity index (χ0) is 22.0. The fourth-order valence-corrected chi connectivity index (χ4v) is 3.34. The summed E-state index contributed by atoms with van der Waals surface area (Å²) in [6, 6.07) is 10.3. The molecule has 1 amide bonds. The summed E-state index contributed by atoms with van der Waals surface area (Å²) < 4.78 is 0. The van der Waals surface area contributed by atoms with Crippen molar-refractivity contribution in [1.82, 2.24) is 9.80 Å². The second-order valence-corrected chi connectivity index (χ2v) is 7.19. The molecule has 1 heterocycles. The van der Waals surface area contributed by atoms with Crippen LogP contribution in [0.1, 0.15) is 17.2 Å². The molecular formula is C21H21N3O6. The highest BCUT2D eigenvalue weighted by Crippen LogP contribution is 2.39. The first-order valence-electron chi connectivity index (χ1n) is 9.17. The number of Topliss-reactive ketones (excluding diaryl/α,β-unsaturated/α-hetero) is 1. The van der Waals surface area contributed by atoms with Crippen LogP contribution in [0.2, 0.25) is 0 Å². The van der Waals surface area contributed by atoms with Crippen molar-refractivity contribution in [3.05, 3.63) is 75.3 Å². The van der Waals surface area contributed by atoms with Gasteiger partial charge in [0.05, 0.1) is 16.5 Å². The van der Waals surface area contributed by atoms with E-state index in [0.29, 0.717) is 12.1 Å². The molecule has 156 valence electrons. The molecule has 0 spiro atoms. The largest absolute Gasteiger partial charge is 0.508 e. The Bertz CT molecular complexity index is 1030. The number of aliphatic hydroxyl groups excluding tert-OH is 1. The van der Waals surface area contributed by atoms with Crippen LogP contribution in [0, 0.1) is 10.1 Å². The molecule has 0 radical (unpaired) electrons. The number of aromatic hydroxyl groups is 1. The quantitative estimate of drug-likeness (QED) is 0.246. The Kier molecular flexibility index (Phi) is 5.84. The zero-order valence-corrected chi connectivity index (χ0v) is 16.5. The Hall–Kier alpha value is -3.72. The van der Waals surface area contributed by atoms with Gasteiger partial charge in [-0.2, -0.15) is 0 Å². The number of non-ortho nitro benzene ring substituents is 1. The van der Waals surface area contributed by atoms with Gasteiger partial charge in [0.15, 0.2) is 0 Å².